The van der Waals surface area contributed by atoms with Crippen LogP contribution in [0.5, 0.6) is 0 Å². The van der Waals surface area contributed by atoms with Crippen molar-refractivity contribution in [3.05, 3.63) is 35.0 Å². The molecule has 0 N–H and O–H groups in total. The first-order chi connectivity index (χ1) is 9.24. The average Bonchev–Trinajstić information content (AvgIpc) is 2.72. The number of hydrogen-bond donors (Lipinski definition) is 0. The highest BCUT2D eigenvalue weighted by Gasteiger charge is 2.20. The highest BCUT2D eigenvalue weighted by Crippen LogP contribution is 2.28. The summed E-state index contributed by atoms with van der Waals surface area (Å²) in [6.07, 6.45) is 1.39. The molecule has 1 aromatic carbocycles. The number of rotatable bonds is 1. The van der Waals surface area contributed by atoms with Crippen molar-refractivity contribution in [2.75, 3.05) is 0 Å². The van der Waals surface area contributed by atoms with Crippen LogP contribution >= 0.6 is 11.6 Å². The predicted molar refractivity (Wildman–Crippen MR) is 82.6 cm³/mol. The lowest BCUT2D eigenvalue weighted by Crippen LogP contribution is -2.26. The van der Waals surface area contributed by atoms with Gasteiger partial charge in [0.05, 0.1) is 5.52 Å². The van der Waals surface area contributed by atoms with Gasteiger partial charge in [0.25, 0.3) is 0 Å². The van der Waals surface area contributed by atoms with Crippen LogP contribution in [0.25, 0.3) is 10.9 Å². The zero-order valence-corrected chi connectivity index (χ0v) is 13.3. The van der Waals surface area contributed by atoms with Crippen molar-refractivity contribution in [2.24, 2.45) is 0 Å². The topological polar surface area (TPSA) is 31.2 Å². The van der Waals surface area contributed by atoms with Gasteiger partial charge in [-0.15, -0.1) is 11.6 Å². The van der Waals surface area contributed by atoms with Gasteiger partial charge in [-0.05, 0) is 57.4 Å². The van der Waals surface area contributed by atoms with Crippen molar-refractivity contribution in [1.29, 1.82) is 0 Å². The second kappa shape index (κ2) is 5.13. The van der Waals surface area contributed by atoms with Crippen molar-refractivity contribution < 1.29 is 9.53 Å². The Bertz CT molecular complexity index is 665. The number of alkyl halides is 1. The summed E-state index contributed by atoms with van der Waals surface area (Å²) in [5.41, 5.74) is 3.62. The molecule has 2 rings (SSSR count). The van der Waals surface area contributed by atoms with Gasteiger partial charge in [-0.2, -0.15) is 0 Å². The summed E-state index contributed by atoms with van der Waals surface area (Å²) in [6, 6.07) is 3.98. The molecule has 0 saturated heterocycles. The van der Waals surface area contributed by atoms with E-state index >= 15 is 0 Å². The molecule has 0 aliphatic carbocycles. The van der Waals surface area contributed by atoms with Gasteiger partial charge in [0, 0.05) is 17.5 Å². The second-order valence-electron chi connectivity index (χ2n) is 6.05. The van der Waals surface area contributed by atoms with E-state index in [0.717, 1.165) is 27.6 Å². The number of fused-ring (bicyclic) bond motifs is 1. The molecule has 0 bridgehead atoms. The molecular formula is C16H20ClNO2. The summed E-state index contributed by atoms with van der Waals surface area (Å²) in [5, 5.41) is 1.02. The standard InChI is InChI=1S/C16H20ClNO2/c1-10-8-11(2)14-12(13(10)9-17)6-7-18(14)15(19)20-16(3,4)5/h6-8H,9H2,1-5H3. The number of benzene rings is 1. The summed E-state index contributed by atoms with van der Waals surface area (Å²) in [7, 11) is 0. The molecule has 1 aromatic heterocycles. The van der Waals surface area contributed by atoms with Gasteiger partial charge in [-0.1, -0.05) is 6.07 Å². The number of carbonyl (C=O) groups excluding carboxylic acids is 1. The van der Waals surface area contributed by atoms with Crippen LogP contribution in [0.2, 0.25) is 0 Å². The van der Waals surface area contributed by atoms with E-state index in [4.69, 9.17) is 16.3 Å². The van der Waals surface area contributed by atoms with Gasteiger partial charge in [0.15, 0.2) is 0 Å². The van der Waals surface area contributed by atoms with Crippen LogP contribution in [-0.4, -0.2) is 16.3 Å². The van der Waals surface area contributed by atoms with E-state index in [2.05, 4.69) is 6.07 Å². The molecule has 4 heteroatoms. The third-order valence-electron chi connectivity index (χ3n) is 3.22. The normalized spacial score (nSPS) is 11.9. The SMILES string of the molecule is Cc1cc(C)c2c(ccn2C(=O)OC(C)(C)C)c1CCl. The number of nitrogens with zero attached hydrogens (tertiary/aromatic N) is 1. The molecule has 3 nitrogen and oxygen atoms in total. The molecule has 0 aliphatic heterocycles. The van der Waals surface area contributed by atoms with Gasteiger partial charge in [0.2, 0.25) is 0 Å². The third kappa shape index (κ3) is 2.68. The summed E-state index contributed by atoms with van der Waals surface area (Å²) >= 11 is 6.03. The minimum atomic E-state index is -0.512. The van der Waals surface area contributed by atoms with Crippen LogP contribution in [0.3, 0.4) is 0 Å². The zero-order valence-electron chi connectivity index (χ0n) is 12.6. The molecule has 108 valence electrons. The summed E-state index contributed by atoms with van der Waals surface area (Å²) in [5.74, 6) is 0.431. The first-order valence-corrected chi connectivity index (χ1v) is 7.17. The minimum Gasteiger partial charge on any atom is -0.443 e. The van der Waals surface area contributed by atoms with Gasteiger partial charge >= 0.3 is 6.09 Å². The zero-order chi connectivity index (χ0) is 15.1. The minimum absolute atomic E-state index is 0.361. The van der Waals surface area contributed by atoms with E-state index in [1.165, 1.54) is 0 Å². The summed E-state index contributed by atoms with van der Waals surface area (Å²) in [6.45, 7) is 9.61. The van der Waals surface area contributed by atoms with E-state index in [9.17, 15) is 4.79 Å². The number of ether oxygens (including phenoxy) is 1. The number of aromatic nitrogens is 1. The van der Waals surface area contributed by atoms with E-state index < -0.39 is 5.60 Å². The maximum atomic E-state index is 12.3. The van der Waals surface area contributed by atoms with Crippen LogP contribution in [0.1, 0.15) is 37.5 Å². The molecule has 0 atom stereocenters. The van der Waals surface area contributed by atoms with Crippen molar-refractivity contribution >= 4 is 28.6 Å². The van der Waals surface area contributed by atoms with Crippen LogP contribution < -0.4 is 0 Å². The van der Waals surface area contributed by atoms with Crippen molar-refractivity contribution in [3.63, 3.8) is 0 Å². The number of carbonyl (C=O) groups is 1. The molecule has 20 heavy (non-hydrogen) atoms. The van der Waals surface area contributed by atoms with Gasteiger partial charge < -0.3 is 4.74 Å². The molecule has 0 unspecified atom stereocenters. The Hall–Kier alpha value is -1.48. The second-order valence-corrected chi connectivity index (χ2v) is 6.32. The first kappa shape index (κ1) is 14.9. The van der Waals surface area contributed by atoms with E-state index in [-0.39, 0.29) is 6.09 Å². The summed E-state index contributed by atoms with van der Waals surface area (Å²) in [4.78, 5) is 12.3. The van der Waals surface area contributed by atoms with E-state index in [1.54, 1.807) is 10.8 Å². The van der Waals surface area contributed by atoms with Crippen LogP contribution in [0, 0.1) is 13.8 Å². The van der Waals surface area contributed by atoms with Crippen LogP contribution in [0.4, 0.5) is 4.79 Å². The van der Waals surface area contributed by atoms with Gasteiger partial charge in [-0.25, -0.2) is 4.79 Å². The van der Waals surface area contributed by atoms with Crippen molar-refractivity contribution in [3.8, 4) is 0 Å². The van der Waals surface area contributed by atoms with Gasteiger partial charge in [0.1, 0.15) is 5.60 Å². The lowest BCUT2D eigenvalue weighted by molar-refractivity contribution is 0.0544. The van der Waals surface area contributed by atoms with Crippen LogP contribution in [0.15, 0.2) is 18.3 Å². The Balaban J connectivity index is 2.60. The highest BCUT2D eigenvalue weighted by molar-refractivity contribution is 6.18. The molecular weight excluding hydrogens is 274 g/mol. The fourth-order valence-electron chi connectivity index (χ4n) is 2.41. The fraction of sp³-hybridized carbons (Fsp3) is 0.438. The molecule has 0 fully saturated rings. The lowest BCUT2D eigenvalue weighted by Gasteiger charge is -2.20. The van der Waals surface area contributed by atoms with E-state index in [0.29, 0.717) is 5.88 Å². The third-order valence-corrected chi connectivity index (χ3v) is 3.49. The van der Waals surface area contributed by atoms with Crippen LogP contribution in [-0.2, 0) is 10.6 Å². The maximum Gasteiger partial charge on any atom is 0.418 e. The number of aryl methyl sites for hydroxylation is 2. The molecule has 2 aromatic rings. The number of halogens is 1. The number of hydrogen-bond acceptors (Lipinski definition) is 2. The largest absolute Gasteiger partial charge is 0.443 e. The fourth-order valence-corrected chi connectivity index (χ4v) is 2.77. The Labute approximate surface area is 124 Å². The molecule has 0 spiro atoms. The Morgan fingerprint density at radius 1 is 1.30 bits per heavy atom. The van der Waals surface area contributed by atoms with Crippen molar-refractivity contribution in [1.82, 2.24) is 4.57 Å². The Morgan fingerprint density at radius 3 is 2.50 bits per heavy atom. The predicted octanol–water partition coefficient (Wildman–Crippen LogP) is 4.78. The molecule has 0 radical (unpaired) electrons. The quantitative estimate of drug-likeness (QED) is 0.709. The maximum absolute atomic E-state index is 12.3. The first-order valence-electron chi connectivity index (χ1n) is 6.64. The Morgan fingerprint density at radius 2 is 1.95 bits per heavy atom. The van der Waals surface area contributed by atoms with Crippen molar-refractivity contribution in [2.45, 2.75) is 46.1 Å². The molecule has 0 amide bonds. The van der Waals surface area contributed by atoms with Gasteiger partial charge in [-0.3, -0.25) is 4.57 Å². The Kier molecular flexibility index (Phi) is 3.83. The lowest BCUT2D eigenvalue weighted by atomic mass is 10.0. The molecule has 0 saturated carbocycles. The monoisotopic (exact) mass is 293 g/mol. The smallest absolute Gasteiger partial charge is 0.418 e. The summed E-state index contributed by atoms with van der Waals surface area (Å²) < 4.78 is 7.00. The van der Waals surface area contributed by atoms with E-state index in [1.807, 2.05) is 40.7 Å². The highest BCUT2D eigenvalue weighted by atomic mass is 35.5. The molecule has 1 heterocycles. The molecule has 0 aliphatic rings. The average molecular weight is 294 g/mol.